The number of nitrogens with zero attached hydrogens (tertiary/aromatic N) is 3. The largest absolute Gasteiger partial charge is 0.494 e. The fourth-order valence-corrected chi connectivity index (χ4v) is 3.46. The van der Waals surface area contributed by atoms with Crippen LogP contribution >= 0.6 is 0 Å². The predicted octanol–water partition coefficient (Wildman–Crippen LogP) is 3.24. The van der Waals surface area contributed by atoms with Crippen LogP contribution in [0, 0.1) is 5.92 Å². The topological polar surface area (TPSA) is 59.4 Å². The quantitative estimate of drug-likeness (QED) is 0.813. The van der Waals surface area contributed by atoms with Gasteiger partial charge in [0.1, 0.15) is 17.3 Å². The normalized spacial score (nSPS) is 15.4. The van der Waals surface area contributed by atoms with Crippen molar-refractivity contribution in [2.24, 2.45) is 5.92 Å². The van der Waals surface area contributed by atoms with Crippen molar-refractivity contribution in [2.45, 2.75) is 46.8 Å². The van der Waals surface area contributed by atoms with Gasteiger partial charge in [0.2, 0.25) is 0 Å². The molecule has 0 bridgehead atoms. The van der Waals surface area contributed by atoms with Gasteiger partial charge < -0.3 is 14.6 Å². The fourth-order valence-electron chi connectivity index (χ4n) is 3.46. The number of imidazole rings is 1. The Bertz CT molecular complexity index is 767. The lowest BCUT2D eigenvalue weighted by Gasteiger charge is -2.28. The van der Waals surface area contributed by atoms with Crippen molar-refractivity contribution < 1.29 is 9.53 Å². The molecule has 1 N–H and O–H groups in total. The summed E-state index contributed by atoms with van der Waals surface area (Å²) in [5.41, 5.74) is 1.54. The molecule has 2 aromatic rings. The van der Waals surface area contributed by atoms with E-state index in [2.05, 4.69) is 33.6 Å². The van der Waals surface area contributed by atoms with Crippen LogP contribution in [-0.4, -0.2) is 40.1 Å². The maximum atomic E-state index is 12.6. The van der Waals surface area contributed by atoms with Crippen LogP contribution in [0.15, 0.2) is 30.5 Å². The molecule has 1 amide bonds. The van der Waals surface area contributed by atoms with Crippen molar-refractivity contribution in [3.8, 4) is 5.75 Å². The van der Waals surface area contributed by atoms with Gasteiger partial charge in [-0.1, -0.05) is 26.0 Å². The summed E-state index contributed by atoms with van der Waals surface area (Å²) in [7, 11) is 0. The van der Waals surface area contributed by atoms with E-state index >= 15 is 0 Å². The predicted molar refractivity (Wildman–Crippen MR) is 106 cm³/mol. The number of hydrogen-bond donors (Lipinski definition) is 1. The van der Waals surface area contributed by atoms with Crippen molar-refractivity contribution in [1.29, 1.82) is 0 Å². The number of benzene rings is 1. The summed E-state index contributed by atoms with van der Waals surface area (Å²) in [6, 6.07) is 7.74. The van der Waals surface area contributed by atoms with Gasteiger partial charge in [0.05, 0.1) is 19.2 Å². The molecule has 2 heterocycles. The Hall–Kier alpha value is -2.34. The first-order chi connectivity index (χ1) is 13.0. The Morgan fingerprint density at radius 2 is 1.96 bits per heavy atom. The lowest BCUT2D eigenvalue weighted by molar-refractivity contribution is 0.0935. The van der Waals surface area contributed by atoms with Gasteiger partial charge >= 0.3 is 0 Å². The van der Waals surface area contributed by atoms with Crippen LogP contribution in [0.3, 0.4) is 0 Å². The standard InChI is InChI=1S/C21H30N4O2/c1-5-27-18-8-6-17(7-9-18)16(4)22-21(26)19-13-25-11-10-24(12-15(2)3)14-20(25)23-19/h6-9,13,15-16H,5,10-12,14H2,1-4H3,(H,22,26). The summed E-state index contributed by atoms with van der Waals surface area (Å²) in [6.07, 6.45) is 1.88. The number of carbonyl (C=O) groups is 1. The third-order valence-electron chi connectivity index (χ3n) is 4.78. The molecular formula is C21H30N4O2. The second-order valence-corrected chi connectivity index (χ2v) is 7.56. The van der Waals surface area contributed by atoms with E-state index in [4.69, 9.17) is 4.74 Å². The van der Waals surface area contributed by atoms with Crippen molar-refractivity contribution in [2.75, 3.05) is 19.7 Å². The molecule has 27 heavy (non-hydrogen) atoms. The summed E-state index contributed by atoms with van der Waals surface area (Å²) >= 11 is 0. The van der Waals surface area contributed by atoms with E-state index in [0.717, 1.165) is 43.3 Å². The highest BCUT2D eigenvalue weighted by atomic mass is 16.5. The molecule has 1 aliphatic heterocycles. The van der Waals surface area contributed by atoms with Crippen molar-refractivity contribution >= 4 is 5.91 Å². The molecule has 1 unspecified atom stereocenters. The molecule has 0 saturated heterocycles. The average Bonchev–Trinajstić information content (AvgIpc) is 3.05. The fraction of sp³-hybridized carbons (Fsp3) is 0.524. The number of rotatable bonds is 7. The molecule has 1 aliphatic rings. The van der Waals surface area contributed by atoms with Gasteiger partial charge in [-0.15, -0.1) is 0 Å². The Kier molecular flexibility index (Phi) is 6.16. The van der Waals surface area contributed by atoms with Gasteiger partial charge in [-0.3, -0.25) is 9.69 Å². The Morgan fingerprint density at radius 1 is 1.22 bits per heavy atom. The van der Waals surface area contributed by atoms with Crippen LogP contribution < -0.4 is 10.1 Å². The van der Waals surface area contributed by atoms with Crippen molar-refractivity contribution in [3.05, 3.63) is 47.5 Å². The molecule has 146 valence electrons. The summed E-state index contributed by atoms with van der Waals surface area (Å²) in [5.74, 6) is 2.31. The highest BCUT2D eigenvalue weighted by Crippen LogP contribution is 2.19. The second kappa shape index (κ2) is 8.57. The van der Waals surface area contributed by atoms with Crippen molar-refractivity contribution in [3.63, 3.8) is 0 Å². The number of carbonyl (C=O) groups excluding carboxylic acids is 1. The number of fused-ring (bicyclic) bond motifs is 1. The van der Waals surface area contributed by atoms with Gasteiger partial charge in [0, 0.05) is 25.8 Å². The zero-order chi connectivity index (χ0) is 19.4. The van der Waals surface area contributed by atoms with Crippen LogP contribution in [0.25, 0.3) is 0 Å². The molecule has 1 aromatic heterocycles. The lowest BCUT2D eigenvalue weighted by Crippen LogP contribution is -2.35. The van der Waals surface area contributed by atoms with Crippen LogP contribution in [0.1, 0.15) is 55.6 Å². The van der Waals surface area contributed by atoms with Crippen LogP contribution in [0.2, 0.25) is 0 Å². The van der Waals surface area contributed by atoms with E-state index in [1.807, 2.05) is 44.3 Å². The first kappa shape index (κ1) is 19.4. The zero-order valence-corrected chi connectivity index (χ0v) is 16.7. The molecule has 0 radical (unpaired) electrons. The minimum Gasteiger partial charge on any atom is -0.494 e. The van der Waals surface area contributed by atoms with E-state index in [1.54, 1.807) is 0 Å². The molecule has 6 heteroatoms. The number of nitrogens with one attached hydrogen (secondary N) is 1. The number of aromatic nitrogens is 2. The molecule has 0 spiro atoms. The summed E-state index contributed by atoms with van der Waals surface area (Å²) in [6.45, 7) is 12.8. The van der Waals surface area contributed by atoms with Gasteiger partial charge in [-0.05, 0) is 37.5 Å². The minimum atomic E-state index is -0.131. The molecule has 0 saturated carbocycles. The van der Waals surface area contributed by atoms with E-state index in [-0.39, 0.29) is 11.9 Å². The molecule has 1 atom stereocenters. The highest BCUT2D eigenvalue weighted by molar-refractivity contribution is 5.92. The van der Waals surface area contributed by atoms with Gasteiger partial charge in [-0.25, -0.2) is 4.98 Å². The third kappa shape index (κ3) is 4.89. The Balaban J connectivity index is 1.62. The molecule has 0 aliphatic carbocycles. The molecule has 3 rings (SSSR count). The van der Waals surface area contributed by atoms with E-state index in [0.29, 0.717) is 18.2 Å². The van der Waals surface area contributed by atoms with Gasteiger partial charge in [0.25, 0.3) is 5.91 Å². The lowest BCUT2D eigenvalue weighted by atomic mass is 10.1. The van der Waals surface area contributed by atoms with E-state index in [9.17, 15) is 4.79 Å². The summed E-state index contributed by atoms with van der Waals surface area (Å²) < 4.78 is 7.57. The molecule has 0 fully saturated rings. The Labute approximate surface area is 161 Å². The maximum Gasteiger partial charge on any atom is 0.271 e. The zero-order valence-electron chi connectivity index (χ0n) is 16.7. The van der Waals surface area contributed by atoms with Crippen LogP contribution in [-0.2, 0) is 13.1 Å². The SMILES string of the molecule is CCOc1ccc(C(C)NC(=O)c2cn3c(n2)CN(CC(C)C)CC3)cc1. The van der Waals surface area contributed by atoms with Crippen LogP contribution in [0.4, 0.5) is 0 Å². The van der Waals surface area contributed by atoms with E-state index in [1.165, 1.54) is 0 Å². The number of amides is 1. The third-order valence-corrected chi connectivity index (χ3v) is 4.78. The number of hydrogen-bond acceptors (Lipinski definition) is 4. The monoisotopic (exact) mass is 370 g/mol. The molecular weight excluding hydrogens is 340 g/mol. The minimum absolute atomic E-state index is 0.0932. The summed E-state index contributed by atoms with van der Waals surface area (Å²) in [4.78, 5) is 19.6. The first-order valence-electron chi connectivity index (χ1n) is 9.78. The maximum absolute atomic E-state index is 12.6. The van der Waals surface area contributed by atoms with Gasteiger partial charge in [0.15, 0.2) is 0 Å². The van der Waals surface area contributed by atoms with E-state index < -0.39 is 0 Å². The van der Waals surface area contributed by atoms with Gasteiger partial charge in [-0.2, -0.15) is 0 Å². The average molecular weight is 370 g/mol. The molecule has 6 nitrogen and oxygen atoms in total. The highest BCUT2D eigenvalue weighted by Gasteiger charge is 2.22. The number of ether oxygens (including phenoxy) is 1. The second-order valence-electron chi connectivity index (χ2n) is 7.56. The Morgan fingerprint density at radius 3 is 2.63 bits per heavy atom. The molecule has 1 aromatic carbocycles. The smallest absolute Gasteiger partial charge is 0.271 e. The summed E-state index contributed by atoms with van der Waals surface area (Å²) in [5, 5.41) is 3.05. The first-order valence-corrected chi connectivity index (χ1v) is 9.78. The van der Waals surface area contributed by atoms with Crippen LogP contribution in [0.5, 0.6) is 5.75 Å². The van der Waals surface area contributed by atoms with Crippen molar-refractivity contribution in [1.82, 2.24) is 19.8 Å².